The maximum atomic E-state index is 13.0. The van der Waals surface area contributed by atoms with Gasteiger partial charge in [0.25, 0.3) is 0 Å². The number of hydrogen-bond acceptors (Lipinski definition) is 2. The molecule has 1 amide bonds. The van der Waals surface area contributed by atoms with Crippen molar-refractivity contribution in [3.05, 3.63) is 34.1 Å². The smallest absolute Gasteiger partial charge is 0.219 e. The number of carbonyl (C=O) groups is 1. The first-order valence-electron chi connectivity index (χ1n) is 6.49. The summed E-state index contributed by atoms with van der Waals surface area (Å²) in [4.78, 5) is 13.1. The number of hydrogen-bond donors (Lipinski definition) is 1. The molecule has 19 heavy (non-hydrogen) atoms. The predicted octanol–water partition coefficient (Wildman–Crippen LogP) is 2.69. The summed E-state index contributed by atoms with van der Waals surface area (Å²) in [6.45, 7) is 3.96. The number of likely N-dealkylation sites (tertiary alicyclic amines) is 1. The van der Waals surface area contributed by atoms with E-state index < -0.39 is 0 Å². The molecule has 104 valence electrons. The van der Waals surface area contributed by atoms with Gasteiger partial charge in [0.2, 0.25) is 5.91 Å². The normalized spacial score (nSPS) is 16.7. The van der Waals surface area contributed by atoms with Gasteiger partial charge in [0.05, 0.1) is 0 Å². The van der Waals surface area contributed by atoms with Crippen molar-refractivity contribution in [3.63, 3.8) is 0 Å². The van der Waals surface area contributed by atoms with Crippen LogP contribution in [0.1, 0.15) is 25.3 Å². The lowest BCUT2D eigenvalue weighted by atomic mass is 10.0. The topological polar surface area (TPSA) is 32.3 Å². The van der Waals surface area contributed by atoms with Crippen molar-refractivity contribution >= 4 is 21.8 Å². The molecule has 1 heterocycles. The summed E-state index contributed by atoms with van der Waals surface area (Å²) in [6.07, 6.45) is 1.94. The van der Waals surface area contributed by atoms with E-state index in [4.69, 9.17) is 0 Å². The number of amides is 1. The van der Waals surface area contributed by atoms with Crippen LogP contribution in [0.2, 0.25) is 0 Å². The minimum atomic E-state index is -0.231. The highest BCUT2D eigenvalue weighted by Crippen LogP contribution is 2.19. The summed E-state index contributed by atoms with van der Waals surface area (Å²) < 4.78 is 13.8. The maximum absolute atomic E-state index is 13.0. The molecule has 0 atom stereocenters. The highest BCUT2D eigenvalue weighted by molar-refractivity contribution is 9.10. The molecule has 1 saturated heterocycles. The summed E-state index contributed by atoms with van der Waals surface area (Å²) in [5, 5.41) is 3.47. The second-order valence-electron chi connectivity index (χ2n) is 4.90. The molecule has 0 unspecified atom stereocenters. The molecule has 1 aliphatic rings. The van der Waals surface area contributed by atoms with Crippen LogP contribution in [0, 0.1) is 5.82 Å². The van der Waals surface area contributed by atoms with Gasteiger partial charge in [-0.25, -0.2) is 4.39 Å². The van der Waals surface area contributed by atoms with Crippen molar-refractivity contribution in [2.24, 2.45) is 0 Å². The van der Waals surface area contributed by atoms with Gasteiger partial charge in [0, 0.05) is 37.1 Å². The Morgan fingerprint density at radius 3 is 2.74 bits per heavy atom. The van der Waals surface area contributed by atoms with Gasteiger partial charge in [-0.3, -0.25) is 4.79 Å². The largest absolute Gasteiger partial charge is 0.343 e. The lowest BCUT2D eigenvalue weighted by molar-refractivity contribution is -0.129. The molecule has 0 aliphatic carbocycles. The standard InChI is InChI=1S/C14H18BrFN2O/c1-10(19)18-6-4-13(5-7-18)17-9-11-2-3-12(16)8-14(11)15/h2-3,8,13,17H,4-7,9H2,1H3. The van der Waals surface area contributed by atoms with Crippen molar-refractivity contribution in [1.82, 2.24) is 10.2 Å². The second kappa shape index (κ2) is 6.48. The van der Waals surface area contributed by atoms with E-state index in [1.165, 1.54) is 12.1 Å². The van der Waals surface area contributed by atoms with Gasteiger partial charge < -0.3 is 10.2 Å². The van der Waals surface area contributed by atoms with Gasteiger partial charge in [-0.2, -0.15) is 0 Å². The van der Waals surface area contributed by atoms with E-state index in [-0.39, 0.29) is 11.7 Å². The van der Waals surface area contributed by atoms with Gasteiger partial charge in [-0.1, -0.05) is 22.0 Å². The van der Waals surface area contributed by atoms with Crippen molar-refractivity contribution in [1.29, 1.82) is 0 Å². The predicted molar refractivity (Wildman–Crippen MR) is 76.2 cm³/mol. The third kappa shape index (κ3) is 4.01. The number of halogens is 2. The van der Waals surface area contributed by atoms with E-state index in [2.05, 4.69) is 21.2 Å². The molecule has 0 bridgehead atoms. The third-order valence-corrected chi connectivity index (χ3v) is 4.27. The van der Waals surface area contributed by atoms with E-state index in [1.54, 1.807) is 13.0 Å². The molecular weight excluding hydrogens is 311 g/mol. The minimum absolute atomic E-state index is 0.153. The van der Waals surface area contributed by atoms with Crippen molar-refractivity contribution < 1.29 is 9.18 Å². The first-order valence-corrected chi connectivity index (χ1v) is 7.28. The minimum Gasteiger partial charge on any atom is -0.343 e. The molecule has 0 aromatic heterocycles. The Kier molecular flexibility index (Phi) is 4.93. The zero-order valence-electron chi connectivity index (χ0n) is 11.0. The lowest BCUT2D eigenvalue weighted by Crippen LogP contribution is -2.43. The number of benzene rings is 1. The number of carbonyl (C=O) groups excluding carboxylic acids is 1. The molecule has 0 radical (unpaired) electrons. The van der Waals surface area contributed by atoms with Gasteiger partial charge in [-0.05, 0) is 30.5 Å². The third-order valence-electron chi connectivity index (χ3n) is 3.54. The Labute approximate surface area is 121 Å². The quantitative estimate of drug-likeness (QED) is 0.925. The van der Waals surface area contributed by atoms with Crippen LogP contribution in [0.15, 0.2) is 22.7 Å². The average Bonchev–Trinajstić information content (AvgIpc) is 2.38. The number of nitrogens with one attached hydrogen (secondary N) is 1. The van der Waals surface area contributed by atoms with E-state index >= 15 is 0 Å². The van der Waals surface area contributed by atoms with Crippen LogP contribution in [0.5, 0.6) is 0 Å². The fourth-order valence-electron chi connectivity index (χ4n) is 2.32. The van der Waals surface area contributed by atoms with Crippen molar-refractivity contribution in [2.45, 2.75) is 32.4 Å². The Hall–Kier alpha value is -0.940. The number of piperidine rings is 1. The monoisotopic (exact) mass is 328 g/mol. The molecular formula is C14H18BrFN2O. The molecule has 1 aliphatic heterocycles. The van der Waals surface area contributed by atoms with Gasteiger partial charge in [-0.15, -0.1) is 0 Å². The molecule has 3 nitrogen and oxygen atoms in total. The Bertz CT molecular complexity index is 459. The molecule has 0 saturated carbocycles. The molecule has 2 rings (SSSR count). The molecule has 1 N–H and O–H groups in total. The van der Waals surface area contributed by atoms with E-state index in [1.807, 2.05) is 4.90 Å². The Balaban J connectivity index is 1.82. The zero-order chi connectivity index (χ0) is 13.8. The molecule has 1 aromatic rings. The summed E-state index contributed by atoms with van der Waals surface area (Å²) in [5.74, 6) is -0.0786. The highest BCUT2D eigenvalue weighted by atomic mass is 79.9. The van der Waals surface area contributed by atoms with E-state index in [0.717, 1.165) is 36.0 Å². The SMILES string of the molecule is CC(=O)N1CCC(NCc2ccc(F)cc2Br)CC1. The first-order chi connectivity index (χ1) is 9.06. The number of rotatable bonds is 3. The van der Waals surface area contributed by atoms with Crippen molar-refractivity contribution in [3.8, 4) is 0 Å². The summed E-state index contributed by atoms with van der Waals surface area (Å²) in [5.41, 5.74) is 1.05. The average molecular weight is 329 g/mol. The summed E-state index contributed by atoms with van der Waals surface area (Å²) in [7, 11) is 0. The van der Waals surface area contributed by atoms with Crippen LogP contribution in [-0.4, -0.2) is 29.9 Å². The zero-order valence-corrected chi connectivity index (χ0v) is 12.5. The van der Waals surface area contributed by atoms with Crippen LogP contribution in [-0.2, 0) is 11.3 Å². The number of nitrogens with zero attached hydrogens (tertiary/aromatic N) is 1. The van der Waals surface area contributed by atoms with Crippen LogP contribution >= 0.6 is 15.9 Å². The van der Waals surface area contributed by atoms with Gasteiger partial charge in [0.15, 0.2) is 0 Å². The lowest BCUT2D eigenvalue weighted by Gasteiger charge is -2.31. The van der Waals surface area contributed by atoms with Crippen molar-refractivity contribution in [2.75, 3.05) is 13.1 Å². The molecule has 1 fully saturated rings. The highest BCUT2D eigenvalue weighted by Gasteiger charge is 2.20. The fraction of sp³-hybridized carbons (Fsp3) is 0.500. The fourth-order valence-corrected chi connectivity index (χ4v) is 2.81. The Morgan fingerprint density at radius 2 is 2.16 bits per heavy atom. The van der Waals surface area contributed by atoms with E-state index in [9.17, 15) is 9.18 Å². The van der Waals surface area contributed by atoms with Crippen LogP contribution in [0.4, 0.5) is 4.39 Å². The Morgan fingerprint density at radius 1 is 1.47 bits per heavy atom. The molecule has 0 spiro atoms. The summed E-state index contributed by atoms with van der Waals surface area (Å²) >= 11 is 3.37. The second-order valence-corrected chi connectivity index (χ2v) is 5.75. The first kappa shape index (κ1) is 14.5. The van der Waals surface area contributed by atoms with Crippen LogP contribution in [0.25, 0.3) is 0 Å². The van der Waals surface area contributed by atoms with Crippen LogP contribution in [0.3, 0.4) is 0 Å². The summed E-state index contributed by atoms with van der Waals surface area (Å²) in [6, 6.07) is 5.17. The van der Waals surface area contributed by atoms with Gasteiger partial charge >= 0.3 is 0 Å². The van der Waals surface area contributed by atoms with Gasteiger partial charge in [0.1, 0.15) is 5.82 Å². The van der Waals surface area contributed by atoms with Crippen LogP contribution < -0.4 is 5.32 Å². The maximum Gasteiger partial charge on any atom is 0.219 e. The molecule has 5 heteroatoms. The van der Waals surface area contributed by atoms with E-state index in [0.29, 0.717) is 12.6 Å². The molecule has 1 aromatic carbocycles.